The molecule has 0 amide bonds. The normalized spacial score (nSPS) is 12.8. The molecule has 0 aliphatic carbocycles. The van der Waals surface area contributed by atoms with E-state index in [9.17, 15) is 4.79 Å². The Labute approximate surface area is 128 Å². The molecular weight excluding hydrogens is 264 g/mol. The predicted octanol–water partition coefficient (Wildman–Crippen LogP) is 4.19. The predicted molar refractivity (Wildman–Crippen MR) is 86.1 cm³/mol. The molecular formula is C18H26O3. The maximum Gasteiger partial charge on any atom is 0.341 e. The molecule has 1 aromatic rings. The van der Waals surface area contributed by atoms with E-state index < -0.39 is 0 Å². The van der Waals surface area contributed by atoms with Crippen LogP contribution < -0.4 is 0 Å². The number of aryl methyl sites for hydroxylation is 3. The van der Waals surface area contributed by atoms with E-state index in [4.69, 9.17) is 9.47 Å². The molecule has 0 N–H and O–H groups in total. The third kappa shape index (κ3) is 3.66. The minimum Gasteiger partial charge on any atom is -0.500 e. The zero-order valence-electron chi connectivity index (χ0n) is 14.4. The lowest BCUT2D eigenvalue weighted by Crippen LogP contribution is -2.19. The van der Waals surface area contributed by atoms with Crippen molar-refractivity contribution in [1.29, 1.82) is 0 Å². The zero-order chi connectivity index (χ0) is 16.4. The first kappa shape index (κ1) is 17.3. The van der Waals surface area contributed by atoms with Crippen molar-refractivity contribution < 1.29 is 14.3 Å². The molecule has 0 aromatic heterocycles. The van der Waals surface area contributed by atoms with Crippen LogP contribution in [-0.2, 0) is 14.3 Å². The quantitative estimate of drug-likeness (QED) is 0.476. The second-order valence-electron chi connectivity index (χ2n) is 6.42. The number of carbonyl (C=O) groups is 1. The third-order valence-electron chi connectivity index (χ3n) is 3.43. The summed E-state index contributed by atoms with van der Waals surface area (Å²) in [4.78, 5) is 12.4. The van der Waals surface area contributed by atoms with E-state index in [-0.39, 0.29) is 11.4 Å². The summed E-state index contributed by atoms with van der Waals surface area (Å²) in [7, 11) is 3.00. The van der Waals surface area contributed by atoms with Crippen LogP contribution in [0.1, 0.15) is 43.0 Å². The molecule has 0 heterocycles. The van der Waals surface area contributed by atoms with Gasteiger partial charge in [0, 0.05) is 5.41 Å². The molecule has 3 heteroatoms. The van der Waals surface area contributed by atoms with E-state index in [0.29, 0.717) is 11.3 Å². The van der Waals surface area contributed by atoms with Crippen LogP contribution in [0.4, 0.5) is 0 Å². The van der Waals surface area contributed by atoms with Gasteiger partial charge >= 0.3 is 5.97 Å². The number of hydrogen-bond acceptors (Lipinski definition) is 3. The molecule has 0 radical (unpaired) electrons. The van der Waals surface area contributed by atoms with Crippen LogP contribution in [0, 0.1) is 26.2 Å². The second kappa shape index (κ2) is 6.33. The Morgan fingerprint density at radius 2 is 1.43 bits per heavy atom. The lowest BCUT2D eigenvalue weighted by atomic mass is 9.85. The summed E-state index contributed by atoms with van der Waals surface area (Å²) in [6.45, 7) is 12.1. The molecule has 0 saturated heterocycles. The summed E-state index contributed by atoms with van der Waals surface area (Å²) >= 11 is 0. The molecule has 0 unspecified atom stereocenters. The second-order valence-corrected chi connectivity index (χ2v) is 6.42. The summed E-state index contributed by atoms with van der Waals surface area (Å²) in [6.07, 6.45) is 0. The number of carbonyl (C=O) groups excluding carboxylic acids is 1. The fourth-order valence-electron chi connectivity index (χ4n) is 2.77. The van der Waals surface area contributed by atoms with Gasteiger partial charge in [-0.25, -0.2) is 4.79 Å². The largest absolute Gasteiger partial charge is 0.500 e. The number of hydrogen-bond donors (Lipinski definition) is 0. The molecule has 0 atom stereocenters. The van der Waals surface area contributed by atoms with E-state index in [2.05, 4.69) is 12.1 Å². The smallest absolute Gasteiger partial charge is 0.341 e. The maximum atomic E-state index is 12.4. The van der Waals surface area contributed by atoms with Gasteiger partial charge in [-0.15, -0.1) is 0 Å². The van der Waals surface area contributed by atoms with Gasteiger partial charge in [0.05, 0.1) is 14.2 Å². The van der Waals surface area contributed by atoms with Gasteiger partial charge in [-0.2, -0.15) is 0 Å². The molecule has 0 saturated carbocycles. The average Bonchev–Trinajstić information content (AvgIpc) is 2.34. The van der Waals surface area contributed by atoms with Crippen LogP contribution in [0.2, 0.25) is 0 Å². The Bertz CT molecular complexity index is 552. The van der Waals surface area contributed by atoms with Crippen molar-refractivity contribution in [3.8, 4) is 0 Å². The molecule has 1 rings (SSSR count). The van der Waals surface area contributed by atoms with Crippen LogP contribution in [0.5, 0.6) is 0 Å². The van der Waals surface area contributed by atoms with Crippen molar-refractivity contribution in [1.82, 2.24) is 0 Å². The molecule has 116 valence electrons. The third-order valence-corrected chi connectivity index (χ3v) is 3.43. The lowest BCUT2D eigenvalue weighted by molar-refractivity contribution is -0.134. The van der Waals surface area contributed by atoms with Gasteiger partial charge in [-0.3, -0.25) is 0 Å². The van der Waals surface area contributed by atoms with Gasteiger partial charge in [0.2, 0.25) is 0 Å². The fourth-order valence-corrected chi connectivity index (χ4v) is 2.77. The van der Waals surface area contributed by atoms with E-state index in [0.717, 1.165) is 16.7 Å². The van der Waals surface area contributed by atoms with Crippen LogP contribution in [0.15, 0.2) is 17.9 Å². The highest BCUT2D eigenvalue weighted by Crippen LogP contribution is 2.36. The first-order valence-electron chi connectivity index (χ1n) is 7.08. The molecule has 1 aromatic carbocycles. The summed E-state index contributed by atoms with van der Waals surface area (Å²) in [5.41, 5.74) is 4.40. The van der Waals surface area contributed by atoms with Crippen molar-refractivity contribution in [3.05, 3.63) is 40.1 Å². The minimum atomic E-state index is -0.364. The highest BCUT2D eigenvalue weighted by Gasteiger charge is 2.29. The SMILES string of the molecule is COC(=O)/C(=C(\OC)C(C)(C)C)c1c(C)cc(C)cc1C. The van der Waals surface area contributed by atoms with Crippen LogP contribution in [-0.4, -0.2) is 20.2 Å². The highest BCUT2D eigenvalue weighted by atomic mass is 16.5. The summed E-state index contributed by atoms with van der Waals surface area (Å²) in [5, 5.41) is 0. The first-order valence-corrected chi connectivity index (χ1v) is 7.08. The number of rotatable bonds is 3. The highest BCUT2D eigenvalue weighted by molar-refractivity contribution is 6.18. The Morgan fingerprint density at radius 3 is 1.76 bits per heavy atom. The number of methoxy groups -OCH3 is 2. The van der Waals surface area contributed by atoms with Gasteiger partial charge in [-0.1, -0.05) is 38.5 Å². The van der Waals surface area contributed by atoms with E-state index in [1.165, 1.54) is 12.7 Å². The summed E-state index contributed by atoms with van der Waals surface area (Å²) in [6, 6.07) is 4.14. The first-order chi connectivity index (χ1) is 9.63. The van der Waals surface area contributed by atoms with Crippen LogP contribution >= 0.6 is 0 Å². The number of ether oxygens (including phenoxy) is 2. The molecule has 0 fully saturated rings. The lowest BCUT2D eigenvalue weighted by Gasteiger charge is -2.26. The topological polar surface area (TPSA) is 35.5 Å². The van der Waals surface area contributed by atoms with Crippen molar-refractivity contribution in [2.75, 3.05) is 14.2 Å². The van der Waals surface area contributed by atoms with E-state index >= 15 is 0 Å². The van der Waals surface area contributed by atoms with E-state index in [1.54, 1.807) is 7.11 Å². The molecule has 0 bridgehead atoms. The molecule has 0 aliphatic heterocycles. The van der Waals surface area contributed by atoms with Crippen molar-refractivity contribution in [2.45, 2.75) is 41.5 Å². The van der Waals surface area contributed by atoms with Crippen LogP contribution in [0.25, 0.3) is 5.57 Å². The number of benzene rings is 1. The molecule has 3 nitrogen and oxygen atoms in total. The average molecular weight is 290 g/mol. The van der Waals surface area contributed by atoms with Gasteiger partial charge < -0.3 is 9.47 Å². The Kier molecular flexibility index (Phi) is 5.21. The Balaban J connectivity index is 3.78. The Morgan fingerprint density at radius 1 is 0.952 bits per heavy atom. The van der Waals surface area contributed by atoms with Gasteiger partial charge in [0.15, 0.2) is 0 Å². The number of esters is 1. The fraction of sp³-hybridized carbons (Fsp3) is 0.500. The van der Waals surface area contributed by atoms with Gasteiger partial charge in [0.25, 0.3) is 0 Å². The molecule has 21 heavy (non-hydrogen) atoms. The summed E-state index contributed by atoms with van der Waals surface area (Å²) < 4.78 is 10.6. The summed E-state index contributed by atoms with van der Waals surface area (Å²) in [5.74, 6) is 0.279. The van der Waals surface area contributed by atoms with E-state index in [1.807, 2.05) is 41.5 Å². The Hall–Kier alpha value is -1.77. The van der Waals surface area contributed by atoms with Gasteiger partial charge in [0.1, 0.15) is 11.3 Å². The van der Waals surface area contributed by atoms with Crippen molar-refractivity contribution >= 4 is 11.5 Å². The van der Waals surface area contributed by atoms with Crippen LogP contribution in [0.3, 0.4) is 0 Å². The zero-order valence-corrected chi connectivity index (χ0v) is 14.4. The van der Waals surface area contributed by atoms with Crippen molar-refractivity contribution in [3.63, 3.8) is 0 Å². The minimum absolute atomic E-state index is 0.290. The standard InChI is InChI=1S/C18H26O3/c1-11-9-12(2)14(13(3)10-11)15(17(19)21-8)16(20-7)18(4,5)6/h9-10H,1-8H3/b16-15-. The maximum absolute atomic E-state index is 12.4. The number of allylic oxidation sites excluding steroid dienone is 1. The van der Waals surface area contributed by atoms with Gasteiger partial charge in [-0.05, 0) is 37.5 Å². The van der Waals surface area contributed by atoms with Crippen molar-refractivity contribution in [2.24, 2.45) is 5.41 Å². The molecule has 0 spiro atoms. The monoisotopic (exact) mass is 290 g/mol. The molecule has 0 aliphatic rings.